The average Bonchev–Trinajstić information content (AvgIpc) is 3.52. The van der Waals surface area contributed by atoms with Crippen LogP contribution in [0.15, 0.2) is 42.5 Å². The lowest BCUT2D eigenvalue weighted by molar-refractivity contribution is 0.355. The number of ether oxygens (including phenoxy) is 3. The fourth-order valence-electron chi connectivity index (χ4n) is 3.37. The Morgan fingerprint density at radius 3 is 2.11 bits per heavy atom. The van der Waals surface area contributed by atoms with Gasteiger partial charge in [-0.05, 0) is 59.5 Å². The first-order chi connectivity index (χ1) is 13.4. The van der Waals surface area contributed by atoms with Gasteiger partial charge < -0.3 is 14.2 Å². The molecule has 0 amide bonds. The van der Waals surface area contributed by atoms with Crippen molar-refractivity contribution in [3.05, 3.63) is 53.7 Å². The smallest absolute Gasteiger partial charge is 0.227 e. The maximum Gasteiger partial charge on any atom is 0.227 e. The van der Waals surface area contributed by atoms with Gasteiger partial charge in [0.15, 0.2) is 11.5 Å². The zero-order valence-electron chi connectivity index (χ0n) is 17.2. The Labute approximate surface area is 166 Å². The number of hydrogen-bond donors (Lipinski definition) is 0. The number of methoxy groups -OCH3 is 2. The minimum absolute atomic E-state index is 0.110. The highest BCUT2D eigenvalue weighted by atomic mass is 16.5. The molecule has 4 nitrogen and oxygen atoms in total. The number of hydrogen-bond acceptors (Lipinski definition) is 4. The number of fused-ring (bicyclic) bond motifs is 1. The van der Waals surface area contributed by atoms with Crippen molar-refractivity contribution in [3.8, 4) is 23.1 Å². The summed E-state index contributed by atoms with van der Waals surface area (Å²) >= 11 is 0. The largest absolute Gasteiger partial charge is 0.493 e. The molecule has 0 atom stereocenters. The highest BCUT2D eigenvalue weighted by Crippen LogP contribution is 2.44. The summed E-state index contributed by atoms with van der Waals surface area (Å²) in [7, 11) is 3.29. The summed E-state index contributed by atoms with van der Waals surface area (Å²) in [5.74, 6) is 3.31. The molecular weight excluding hydrogens is 350 g/mol. The second-order valence-corrected chi connectivity index (χ2v) is 8.43. The van der Waals surface area contributed by atoms with Crippen LogP contribution < -0.4 is 14.2 Å². The van der Waals surface area contributed by atoms with Crippen LogP contribution >= 0.6 is 0 Å². The molecule has 146 valence electrons. The fraction of sp³-hybridized carbons (Fsp3) is 0.375. The maximum atomic E-state index is 6.24. The summed E-state index contributed by atoms with van der Waals surface area (Å²) in [5, 5.41) is 1.97. The summed E-state index contributed by atoms with van der Waals surface area (Å²) in [6, 6.07) is 14.3. The van der Waals surface area contributed by atoms with Gasteiger partial charge in [-0.2, -0.15) is 0 Å². The number of nitrogens with zero attached hydrogens (tertiary/aromatic N) is 1. The van der Waals surface area contributed by atoms with Gasteiger partial charge in [-0.25, -0.2) is 4.98 Å². The number of benzene rings is 2. The van der Waals surface area contributed by atoms with Crippen molar-refractivity contribution < 1.29 is 14.2 Å². The normalized spacial score (nSPS) is 14.2. The maximum absolute atomic E-state index is 6.24. The predicted octanol–water partition coefficient (Wildman–Crippen LogP) is 6.22. The summed E-state index contributed by atoms with van der Waals surface area (Å²) in [6.07, 6.45) is 2.37. The van der Waals surface area contributed by atoms with Gasteiger partial charge in [-0.1, -0.05) is 32.9 Å². The lowest BCUT2D eigenvalue weighted by atomic mass is 9.87. The van der Waals surface area contributed by atoms with Gasteiger partial charge in [0.25, 0.3) is 0 Å². The van der Waals surface area contributed by atoms with Gasteiger partial charge in [0, 0.05) is 17.0 Å². The monoisotopic (exact) mass is 377 g/mol. The van der Waals surface area contributed by atoms with Crippen molar-refractivity contribution in [2.45, 2.75) is 44.9 Å². The zero-order valence-corrected chi connectivity index (χ0v) is 17.2. The third-order valence-electron chi connectivity index (χ3n) is 5.25. The van der Waals surface area contributed by atoms with Crippen molar-refractivity contribution in [2.24, 2.45) is 0 Å². The SMILES string of the molecule is COc1cc2cc(C3CC3)nc(Oc3ccc(C(C)(C)C)cc3)c2cc1OC. The highest BCUT2D eigenvalue weighted by Gasteiger charge is 2.27. The first-order valence-corrected chi connectivity index (χ1v) is 9.74. The van der Waals surface area contributed by atoms with Crippen molar-refractivity contribution in [2.75, 3.05) is 14.2 Å². The van der Waals surface area contributed by atoms with E-state index in [9.17, 15) is 0 Å². The van der Waals surface area contributed by atoms with E-state index in [1.54, 1.807) is 14.2 Å². The lowest BCUT2D eigenvalue weighted by Gasteiger charge is -2.19. The van der Waals surface area contributed by atoms with Crippen LogP contribution in [0.1, 0.15) is 50.8 Å². The lowest BCUT2D eigenvalue weighted by Crippen LogP contribution is -2.10. The van der Waals surface area contributed by atoms with Crippen LogP contribution in [0.4, 0.5) is 0 Å². The van der Waals surface area contributed by atoms with Crippen molar-refractivity contribution >= 4 is 10.8 Å². The van der Waals surface area contributed by atoms with E-state index >= 15 is 0 Å². The molecule has 1 aliphatic rings. The summed E-state index contributed by atoms with van der Waals surface area (Å²) < 4.78 is 17.2. The van der Waals surface area contributed by atoms with Gasteiger partial charge in [0.05, 0.1) is 14.2 Å². The van der Waals surface area contributed by atoms with Crippen molar-refractivity contribution in [3.63, 3.8) is 0 Å². The molecule has 0 N–H and O–H groups in total. The molecule has 0 aliphatic heterocycles. The molecule has 4 heteroatoms. The molecule has 1 saturated carbocycles. The van der Waals surface area contributed by atoms with Crippen LogP contribution in [0.3, 0.4) is 0 Å². The molecule has 0 bridgehead atoms. The Hall–Kier alpha value is -2.75. The minimum atomic E-state index is 0.110. The van der Waals surface area contributed by atoms with Gasteiger partial charge in [-0.3, -0.25) is 0 Å². The van der Waals surface area contributed by atoms with E-state index in [4.69, 9.17) is 19.2 Å². The van der Waals surface area contributed by atoms with Crippen molar-refractivity contribution in [1.29, 1.82) is 0 Å². The van der Waals surface area contributed by atoms with Gasteiger partial charge >= 0.3 is 0 Å². The Morgan fingerprint density at radius 2 is 1.54 bits per heavy atom. The molecule has 28 heavy (non-hydrogen) atoms. The van der Waals surface area contributed by atoms with Gasteiger partial charge in [-0.15, -0.1) is 0 Å². The van der Waals surface area contributed by atoms with E-state index in [0.717, 1.165) is 22.2 Å². The third kappa shape index (κ3) is 3.64. The fourth-order valence-corrected chi connectivity index (χ4v) is 3.37. The van der Waals surface area contributed by atoms with Gasteiger partial charge in [0.2, 0.25) is 5.88 Å². The van der Waals surface area contributed by atoms with Crippen molar-refractivity contribution in [1.82, 2.24) is 4.98 Å². The molecule has 4 rings (SSSR count). The molecule has 3 aromatic rings. The Morgan fingerprint density at radius 1 is 0.893 bits per heavy atom. The molecule has 0 saturated heterocycles. The quantitative estimate of drug-likeness (QED) is 0.529. The number of rotatable bonds is 5. The van der Waals surface area contributed by atoms with Crippen LogP contribution in [0.2, 0.25) is 0 Å². The molecule has 1 heterocycles. The van der Waals surface area contributed by atoms with Gasteiger partial charge in [0.1, 0.15) is 5.75 Å². The Kier molecular flexibility index (Phi) is 4.66. The van der Waals surface area contributed by atoms with E-state index < -0.39 is 0 Å². The summed E-state index contributed by atoms with van der Waals surface area (Å²) in [5.41, 5.74) is 2.47. The van der Waals surface area contributed by atoms with E-state index in [-0.39, 0.29) is 5.41 Å². The van der Waals surface area contributed by atoms with Crippen LogP contribution in [0, 0.1) is 0 Å². The Bertz CT molecular complexity index is 999. The molecule has 1 fully saturated rings. The third-order valence-corrected chi connectivity index (χ3v) is 5.25. The predicted molar refractivity (Wildman–Crippen MR) is 112 cm³/mol. The van der Waals surface area contributed by atoms with E-state index in [0.29, 0.717) is 23.3 Å². The zero-order chi connectivity index (χ0) is 19.9. The summed E-state index contributed by atoms with van der Waals surface area (Å²) in [6.45, 7) is 6.62. The standard InChI is InChI=1S/C24H27NO3/c1-24(2,3)17-8-10-18(11-9-17)28-23-19-14-22(27-5)21(26-4)13-16(19)12-20(25-23)15-6-7-15/h8-15H,6-7H2,1-5H3. The van der Waals surface area contributed by atoms with Crippen LogP contribution in [0.25, 0.3) is 10.8 Å². The van der Waals surface area contributed by atoms with Crippen LogP contribution in [0.5, 0.6) is 23.1 Å². The molecule has 0 spiro atoms. The molecular formula is C24H27NO3. The molecule has 1 aliphatic carbocycles. The van der Waals surface area contributed by atoms with E-state index in [2.05, 4.69) is 39.0 Å². The average molecular weight is 377 g/mol. The van der Waals surface area contributed by atoms with E-state index in [1.807, 2.05) is 24.3 Å². The molecule has 1 aromatic heterocycles. The minimum Gasteiger partial charge on any atom is -0.493 e. The highest BCUT2D eigenvalue weighted by molar-refractivity contribution is 5.90. The van der Waals surface area contributed by atoms with E-state index in [1.165, 1.54) is 18.4 Å². The van der Waals surface area contributed by atoms with Crippen LogP contribution in [-0.2, 0) is 5.41 Å². The molecule has 0 radical (unpaired) electrons. The van der Waals surface area contributed by atoms with Crippen LogP contribution in [-0.4, -0.2) is 19.2 Å². The first kappa shape index (κ1) is 18.6. The topological polar surface area (TPSA) is 40.6 Å². The summed E-state index contributed by atoms with van der Waals surface area (Å²) in [4.78, 5) is 4.84. The number of aromatic nitrogens is 1. The molecule has 0 unspecified atom stereocenters. The first-order valence-electron chi connectivity index (χ1n) is 9.74. The second-order valence-electron chi connectivity index (χ2n) is 8.43. The Balaban J connectivity index is 1.78. The number of pyridine rings is 1. The molecule has 2 aromatic carbocycles. The second kappa shape index (κ2) is 7.01.